The number of esters is 2. The van der Waals surface area contributed by atoms with E-state index in [2.05, 4.69) is 5.32 Å². The van der Waals surface area contributed by atoms with Crippen molar-refractivity contribution in [3.63, 3.8) is 0 Å². The van der Waals surface area contributed by atoms with Gasteiger partial charge in [0.2, 0.25) is 0 Å². The summed E-state index contributed by atoms with van der Waals surface area (Å²) in [5.41, 5.74) is -1.27. The van der Waals surface area contributed by atoms with Crippen LogP contribution < -0.4 is 5.32 Å². The van der Waals surface area contributed by atoms with E-state index < -0.39 is 34.9 Å². The fourth-order valence-corrected chi connectivity index (χ4v) is 8.31. The smallest absolute Gasteiger partial charge is 0.407 e. The van der Waals surface area contributed by atoms with Gasteiger partial charge in [0.15, 0.2) is 0 Å². The summed E-state index contributed by atoms with van der Waals surface area (Å²) >= 11 is 0. The van der Waals surface area contributed by atoms with Crippen molar-refractivity contribution >= 4 is 18.0 Å². The molecule has 0 aliphatic carbocycles. The van der Waals surface area contributed by atoms with E-state index in [0.29, 0.717) is 178 Å². The van der Waals surface area contributed by atoms with Gasteiger partial charge in [-0.05, 0) is 18.4 Å². The van der Waals surface area contributed by atoms with Gasteiger partial charge in [-0.3, -0.25) is 4.79 Å². The van der Waals surface area contributed by atoms with Crippen molar-refractivity contribution in [3.8, 4) is 0 Å². The number of alkyl carbamates (subject to hydrolysis) is 1. The average molecular weight is 1440 g/mol. The molecule has 31 heteroatoms. The number of hydrogen-bond acceptors (Lipinski definition) is 30. The highest BCUT2D eigenvalue weighted by Crippen LogP contribution is 2.24. The van der Waals surface area contributed by atoms with Gasteiger partial charge in [-0.25, -0.2) is 9.59 Å². The third-order valence-corrected chi connectivity index (χ3v) is 13.7. The Morgan fingerprint density at radius 2 is 0.566 bits per heavy atom. The first kappa shape index (κ1) is 93.5. The number of carbonyl (C=O) groups is 3. The van der Waals surface area contributed by atoms with E-state index in [1.165, 1.54) is 0 Å². The third-order valence-electron chi connectivity index (χ3n) is 13.7. The first-order valence-electron chi connectivity index (χ1n) is 34.3. The Hall–Kier alpha value is -3.53. The van der Waals surface area contributed by atoms with Crippen molar-refractivity contribution in [1.82, 2.24) is 5.32 Å². The zero-order valence-corrected chi connectivity index (χ0v) is 60.6. The van der Waals surface area contributed by atoms with Gasteiger partial charge >= 0.3 is 18.0 Å². The molecule has 1 rings (SSSR count). The minimum atomic E-state index is -1.13. The van der Waals surface area contributed by atoms with Gasteiger partial charge in [-0.1, -0.05) is 43.2 Å². The number of methoxy groups -OCH3 is 6. The Bertz CT molecular complexity index is 1750. The van der Waals surface area contributed by atoms with Crippen molar-refractivity contribution in [2.75, 3.05) is 333 Å². The largest absolute Gasteiger partial charge is 0.465 e. The van der Waals surface area contributed by atoms with Crippen LogP contribution in [0.15, 0.2) is 30.3 Å². The molecule has 0 bridgehead atoms. The molecule has 0 heterocycles. The highest BCUT2D eigenvalue weighted by molar-refractivity contribution is 5.81. The number of hydrogen-bond donors (Lipinski definition) is 1. The van der Waals surface area contributed by atoms with Crippen LogP contribution in [0.1, 0.15) is 37.7 Å². The summed E-state index contributed by atoms with van der Waals surface area (Å²) in [6.07, 6.45) is 0.596. The summed E-state index contributed by atoms with van der Waals surface area (Å²) in [5.74, 6) is -1.14. The lowest BCUT2D eigenvalue weighted by Gasteiger charge is -2.33. The fourth-order valence-electron chi connectivity index (χ4n) is 8.31. The Morgan fingerprint density at radius 3 is 0.848 bits per heavy atom. The van der Waals surface area contributed by atoms with Gasteiger partial charge in [0.05, 0.1) is 288 Å². The Kier molecular flexibility index (Phi) is 68.7. The van der Waals surface area contributed by atoms with E-state index in [-0.39, 0.29) is 152 Å². The zero-order valence-electron chi connectivity index (χ0n) is 60.6. The van der Waals surface area contributed by atoms with Crippen LogP contribution in [-0.2, 0) is 144 Å². The topological polar surface area (TPSA) is 312 Å². The molecule has 0 saturated carbocycles. The van der Waals surface area contributed by atoms with Crippen LogP contribution in [0.3, 0.4) is 0 Å². The Balaban J connectivity index is 3.27. The summed E-state index contributed by atoms with van der Waals surface area (Å²) in [6, 6.07) is 8.05. The molecule has 582 valence electrons. The van der Waals surface area contributed by atoms with E-state index in [4.69, 9.17) is 128 Å². The number of ether oxygens (including phenoxy) is 27. The second-order valence-electron chi connectivity index (χ2n) is 22.2. The maximum Gasteiger partial charge on any atom is 0.407 e. The minimum absolute atomic E-state index is 0.0191. The number of unbranched alkanes of at least 4 members (excludes halogenated alkanes) is 2. The van der Waals surface area contributed by atoms with Crippen LogP contribution in [0.2, 0.25) is 0 Å². The lowest BCUT2D eigenvalue weighted by molar-refractivity contribution is -0.158. The summed E-state index contributed by atoms with van der Waals surface area (Å²) in [7, 11) is 9.64. The van der Waals surface area contributed by atoms with E-state index in [0.717, 1.165) is 5.56 Å². The molecule has 0 fully saturated rings. The minimum Gasteiger partial charge on any atom is -0.465 e. The SMILES string of the molecule is COCCOCCOCCOCC(COCCOCCOCCOC)(COCCOCCOCCOC)COC(=O)CCCCCC(NC(=O)OCC(COCCOCCOCCOC)(COCCOCCOCCOC)COCCOCCOCCOC)C(=O)OCc1ccccc1. The molecule has 99 heavy (non-hydrogen) atoms. The van der Waals surface area contributed by atoms with Crippen LogP contribution in [0.5, 0.6) is 0 Å². The lowest BCUT2D eigenvalue weighted by Crippen LogP contribution is -2.46. The van der Waals surface area contributed by atoms with Gasteiger partial charge in [0.1, 0.15) is 25.9 Å². The predicted molar refractivity (Wildman–Crippen MR) is 359 cm³/mol. The molecule has 31 nitrogen and oxygen atoms in total. The normalized spacial score (nSPS) is 12.2. The molecule has 0 radical (unpaired) electrons. The predicted octanol–water partition coefficient (Wildman–Crippen LogP) is 3.47. The van der Waals surface area contributed by atoms with Gasteiger partial charge < -0.3 is 133 Å². The lowest BCUT2D eigenvalue weighted by atomic mass is 9.92. The van der Waals surface area contributed by atoms with E-state index in [9.17, 15) is 14.4 Å². The first-order chi connectivity index (χ1) is 48.7. The number of benzene rings is 1. The Labute approximate surface area is 588 Å². The first-order valence-corrected chi connectivity index (χ1v) is 34.3. The standard InChI is InChI=1S/C68H125NO30/c1-73-17-23-79-29-35-85-41-47-91-54-67(55-92-48-42-86-36-30-80-24-18-74-2,56-93-49-43-87-37-31-81-25-19-75-3)60-98-64(70)16-12-8-11-15-63(65(71)97-53-62-13-9-7-10-14-62)69-66(72)99-61-68(57-94-50-44-88-38-32-82-26-20-76-4,58-95-51-45-89-39-33-83-27-21-77-5)59-96-52-46-90-40-34-84-28-22-78-6/h7,9-10,13-14,63H,8,11-12,15-61H2,1-6H3,(H,69,72). The second-order valence-corrected chi connectivity index (χ2v) is 22.2. The van der Waals surface area contributed by atoms with Crippen molar-refractivity contribution in [2.24, 2.45) is 10.8 Å². The monoisotopic (exact) mass is 1440 g/mol. The molecular formula is C68H125NO30. The van der Waals surface area contributed by atoms with E-state index in [1.54, 1.807) is 42.7 Å². The quantitative estimate of drug-likeness (QED) is 0.0554. The number of rotatable bonds is 80. The molecule has 1 aromatic carbocycles. The molecule has 0 aliphatic heterocycles. The van der Waals surface area contributed by atoms with Crippen LogP contribution in [0.4, 0.5) is 4.79 Å². The molecule has 1 unspecified atom stereocenters. The molecule has 1 aromatic rings. The molecule has 0 aliphatic rings. The molecule has 0 saturated heterocycles. The molecule has 1 amide bonds. The zero-order chi connectivity index (χ0) is 71.6. The van der Waals surface area contributed by atoms with Crippen molar-refractivity contribution in [2.45, 2.75) is 44.8 Å². The highest BCUT2D eigenvalue weighted by Gasteiger charge is 2.36. The molecule has 1 N–H and O–H groups in total. The van der Waals surface area contributed by atoms with Crippen LogP contribution >= 0.6 is 0 Å². The molecule has 0 aromatic heterocycles. The summed E-state index contributed by atoms with van der Waals surface area (Å²) in [4.78, 5) is 41.6. The van der Waals surface area contributed by atoms with Crippen LogP contribution in [-0.4, -0.2) is 357 Å². The van der Waals surface area contributed by atoms with Gasteiger partial charge in [-0.2, -0.15) is 0 Å². The fraction of sp³-hybridized carbons (Fsp3) is 0.868. The van der Waals surface area contributed by atoms with E-state index >= 15 is 0 Å². The van der Waals surface area contributed by atoms with Crippen LogP contribution in [0, 0.1) is 10.8 Å². The number of nitrogens with one attached hydrogen (secondary N) is 1. The molecule has 0 spiro atoms. The maximum absolute atomic E-state index is 14.0. The number of amides is 1. The highest BCUT2D eigenvalue weighted by atomic mass is 16.6. The average Bonchev–Trinajstić information content (AvgIpc) is 1.17. The van der Waals surface area contributed by atoms with Crippen molar-refractivity contribution < 1.29 is 142 Å². The third kappa shape index (κ3) is 60.6. The van der Waals surface area contributed by atoms with Crippen molar-refractivity contribution in [3.05, 3.63) is 35.9 Å². The molecular weight excluding hydrogens is 1310 g/mol. The Morgan fingerprint density at radius 1 is 0.303 bits per heavy atom. The van der Waals surface area contributed by atoms with Gasteiger partial charge in [0, 0.05) is 49.1 Å². The summed E-state index contributed by atoms with van der Waals surface area (Å²) < 4.78 is 152. The summed E-state index contributed by atoms with van der Waals surface area (Å²) in [6.45, 7) is 12.9. The second kappa shape index (κ2) is 72.8. The van der Waals surface area contributed by atoms with Crippen LogP contribution in [0.25, 0.3) is 0 Å². The van der Waals surface area contributed by atoms with E-state index in [1.807, 2.05) is 30.3 Å². The maximum atomic E-state index is 14.0. The van der Waals surface area contributed by atoms with Gasteiger partial charge in [0.25, 0.3) is 0 Å². The molecule has 1 atom stereocenters. The van der Waals surface area contributed by atoms with Crippen molar-refractivity contribution in [1.29, 1.82) is 0 Å². The summed E-state index contributed by atoms with van der Waals surface area (Å²) in [5, 5.41) is 2.75. The number of carbonyl (C=O) groups excluding carboxylic acids is 3. The van der Waals surface area contributed by atoms with Gasteiger partial charge in [-0.15, -0.1) is 0 Å².